The zero-order valence-electron chi connectivity index (χ0n) is 14.1. The second-order valence-corrected chi connectivity index (χ2v) is 7.97. The molecule has 0 atom stereocenters. The van der Waals surface area contributed by atoms with E-state index >= 15 is 0 Å². The summed E-state index contributed by atoms with van der Waals surface area (Å²) in [6, 6.07) is 13.8. The SMILES string of the molecule is O=C(Nc1ccc(C(=O)Nc2nc(-c3ccc(Cl)cc3)cs2)s1)c1ccco1. The van der Waals surface area contributed by atoms with E-state index < -0.39 is 0 Å². The first-order chi connectivity index (χ1) is 13.6. The van der Waals surface area contributed by atoms with Gasteiger partial charge in [0, 0.05) is 16.0 Å². The molecular formula is C19H12ClN3O3S2. The van der Waals surface area contributed by atoms with Crippen molar-refractivity contribution < 1.29 is 14.0 Å². The van der Waals surface area contributed by atoms with Crippen LogP contribution in [0.2, 0.25) is 5.02 Å². The number of thiophene rings is 1. The molecule has 9 heteroatoms. The zero-order valence-corrected chi connectivity index (χ0v) is 16.5. The van der Waals surface area contributed by atoms with Gasteiger partial charge in [-0.15, -0.1) is 22.7 Å². The highest BCUT2D eigenvalue weighted by Gasteiger charge is 2.15. The maximum atomic E-state index is 12.4. The number of thiazole rings is 1. The highest BCUT2D eigenvalue weighted by atomic mass is 35.5. The molecule has 4 rings (SSSR count). The molecule has 2 N–H and O–H groups in total. The number of nitrogens with one attached hydrogen (secondary N) is 2. The van der Waals surface area contributed by atoms with Gasteiger partial charge in [-0.1, -0.05) is 23.7 Å². The van der Waals surface area contributed by atoms with E-state index in [1.807, 2.05) is 17.5 Å². The average molecular weight is 430 g/mol. The van der Waals surface area contributed by atoms with Crippen LogP contribution in [-0.2, 0) is 0 Å². The van der Waals surface area contributed by atoms with E-state index in [1.54, 1.807) is 36.4 Å². The third-order valence-corrected chi connectivity index (χ3v) is 5.69. The Kier molecular flexibility index (Phi) is 5.25. The highest BCUT2D eigenvalue weighted by Crippen LogP contribution is 2.28. The van der Waals surface area contributed by atoms with Crippen molar-refractivity contribution in [1.29, 1.82) is 0 Å². The average Bonchev–Trinajstić information content (AvgIpc) is 3.44. The van der Waals surface area contributed by atoms with Crippen LogP contribution in [0.25, 0.3) is 11.3 Å². The van der Waals surface area contributed by atoms with Crippen LogP contribution in [0.15, 0.2) is 64.6 Å². The van der Waals surface area contributed by atoms with Crippen molar-refractivity contribution in [2.24, 2.45) is 0 Å². The van der Waals surface area contributed by atoms with Gasteiger partial charge in [-0.25, -0.2) is 4.98 Å². The molecule has 3 aromatic heterocycles. The maximum absolute atomic E-state index is 12.4. The summed E-state index contributed by atoms with van der Waals surface area (Å²) in [5.41, 5.74) is 1.68. The monoisotopic (exact) mass is 429 g/mol. The summed E-state index contributed by atoms with van der Waals surface area (Å²) >= 11 is 8.40. The van der Waals surface area contributed by atoms with Gasteiger partial charge in [0.15, 0.2) is 10.9 Å². The Morgan fingerprint density at radius 3 is 2.57 bits per heavy atom. The molecule has 4 aromatic rings. The van der Waals surface area contributed by atoms with Gasteiger partial charge in [0.2, 0.25) is 0 Å². The van der Waals surface area contributed by atoms with Crippen LogP contribution < -0.4 is 10.6 Å². The van der Waals surface area contributed by atoms with Gasteiger partial charge in [-0.05, 0) is 36.4 Å². The summed E-state index contributed by atoms with van der Waals surface area (Å²) in [6.07, 6.45) is 1.43. The lowest BCUT2D eigenvalue weighted by atomic mass is 10.2. The number of rotatable bonds is 5. The maximum Gasteiger partial charge on any atom is 0.291 e. The van der Waals surface area contributed by atoms with Crippen molar-refractivity contribution in [3.05, 3.63) is 75.8 Å². The summed E-state index contributed by atoms with van der Waals surface area (Å²) in [4.78, 5) is 29.3. The molecule has 0 saturated heterocycles. The molecule has 0 unspecified atom stereocenters. The van der Waals surface area contributed by atoms with Crippen LogP contribution in [0, 0.1) is 0 Å². The number of amides is 2. The first-order valence-corrected chi connectivity index (χ1v) is 10.1. The largest absolute Gasteiger partial charge is 0.459 e. The van der Waals surface area contributed by atoms with Crippen LogP contribution in [0.4, 0.5) is 10.1 Å². The van der Waals surface area contributed by atoms with E-state index in [0.717, 1.165) is 11.3 Å². The van der Waals surface area contributed by atoms with Crippen molar-refractivity contribution >= 4 is 56.2 Å². The standard InChI is InChI=1S/C19H12ClN3O3S2/c20-12-5-3-11(4-6-12)13-10-27-19(21-13)23-18(25)15-7-8-16(28-15)22-17(24)14-2-1-9-26-14/h1-10H,(H,22,24)(H,21,23,25). The second kappa shape index (κ2) is 7.97. The third-order valence-electron chi connectivity index (χ3n) is 3.68. The van der Waals surface area contributed by atoms with Gasteiger partial charge in [0.1, 0.15) is 0 Å². The number of carbonyl (C=O) groups excluding carboxylic acids is 2. The molecular weight excluding hydrogens is 418 g/mol. The summed E-state index contributed by atoms with van der Waals surface area (Å²) in [7, 11) is 0. The first kappa shape index (κ1) is 18.4. The number of halogens is 1. The summed E-state index contributed by atoms with van der Waals surface area (Å²) < 4.78 is 5.05. The molecule has 0 aliphatic carbocycles. The fourth-order valence-corrected chi connectivity index (χ4v) is 3.99. The molecule has 0 aliphatic rings. The predicted molar refractivity (Wildman–Crippen MR) is 111 cm³/mol. The van der Waals surface area contributed by atoms with Crippen molar-refractivity contribution in [3.8, 4) is 11.3 Å². The van der Waals surface area contributed by atoms with E-state index in [2.05, 4.69) is 15.6 Å². The first-order valence-electron chi connectivity index (χ1n) is 8.06. The van der Waals surface area contributed by atoms with E-state index in [0.29, 0.717) is 20.0 Å². The van der Waals surface area contributed by atoms with Gasteiger partial charge in [0.05, 0.1) is 21.8 Å². The molecule has 0 fully saturated rings. The lowest BCUT2D eigenvalue weighted by Crippen LogP contribution is -2.10. The van der Waals surface area contributed by atoms with Crippen LogP contribution in [0.3, 0.4) is 0 Å². The summed E-state index contributed by atoms with van der Waals surface area (Å²) in [5.74, 6) is -0.455. The molecule has 28 heavy (non-hydrogen) atoms. The molecule has 3 heterocycles. The van der Waals surface area contributed by atoms with Gasteiger partial charge in [-0.2, -0.15) is 0 Å². The number of aromatic nitrogens is 1. The normalized spacial score (nSPS) is 10.6. The van der Waals surface area contributed by atoms with Crippen LogP contribution in [0.5, 0.6) is 0 Å². The number of anilines is 2. The minimum absolute atomic E-state index is 0.205. The van der Waals surface area contributed by atoms with Crippen molar-refractivity contribution in [2.75, 3.05) is 10.6 Å². The van der Waals surface area contributed by atoms with Crippen molar-refractivity contribution in [3.63, 3.8) is 0 Å². The lowest BCUT2D eigenvalue weighted by molar-refractivity contribution is 0.0995. The predicted octanol–water partition coefficient (Wildman–Crippen LogP) is 5.62. The van der Waals surface area contributed by atoms with E-state index in [-0.39, 0.29) is 17.6 Å². The minimum atomic E-state index is -0.369. The highest BCUT2D eigenvalue weighted by molar-refractivity contribution is 7.18. The van der Waals surface area contributed by atoms with Crippen molar-refractivity contribution in [1.82, 2.24) is 4.98 Å². The van der Waals surface area contributed by atoms with Crippen molar-refractivity contribution in [2.45, 2.75) is 0 Å². The Balaban J connectivity index is 1.41. The number of benzene rings is 1. The Bertz CT molecular complexity index is 1120. The molecule has 6 nitrogen and oxygen atoms in total. The zero-order chi connectivity index (χ0) is 19.5. The second-order valence-electron chi connectivity index (χ2n) is 5.59. The molecule has 0 bridgehead atoms. The Morgan fingerprint density at radius 1 is 1.00 bits per heavy atom. The number of furan rings is 1. The Labute approximate surface area is 172 Å². The number of nitrogens with zero attached hydrogens (tertiary/aromatic N) is 1. The smallest absolute Gasteiger partial charge is 0.291 e. The third kappa shape index (κ3) is 4.14. The molecule has 0 aliphatic heterocycles. The van der Waals surface area contributed by atoms with Crippen LogP contribution in [0.1, 0.15) is 20.2 Å². The molecule has 0 spiro atoms. The quantitative estimate of drug-likeness (QED) is 0.431. The number of hydrogen-bond donors (Lipinski definition) is 2. The fourth-order valence-electron chi connectivity index (χ4n) is 2.35. The fraction of sp³-hybridized carbons (Fsp3) is 0. The molecule has 2 amide bonds. The number of carbonyl (C=O) groups is 2. The Morgan fingerprint density at radius 2 is 1.82 bits per heavy atom. The van der Waals surface area contributed by atoms with Gasteiger partial charge >= 0.3 is 0 Å². The topological polar surface area (TPSA) is 84.2 Å². The van der Waals surface area contributed by atoms with Crippen LogP contribution >= 0.6 is 34.3 Å². The van der Waals surface area contributed by atoms with E-state index in [9.17, 15) is 9.59 Å². The number of hydrogen-bond acceptors (Lipinski definition) is 6. The lowest BCUT2D eigenvalue weighted by Gasteiger charge is -2.00. The van der Waals surface area contributed by atoms with Gasteiger partial charge in [-0.3, -0.25) is 14.9 Å². The minimum Gasteiger partial charge on any atom is -0.459 e. The molecule has 1 aromatic carbocycles. The van der Waals surface area contributed by atoms with Gasteiger partial charge in [0.25, 0.3) is 11.8 Å². The molecule has 140 valence electrons. The summed E-state index contributed by atoms with van der Waals surface area (Å²) in [5, 5.41) is 9.03. The molecule has 0 saturated carbocycles. The van der Waals surface area contributed by atoms with Gasteiger partial charge < -0.3 is 9.73 Å². The Hall–Kier alpha value is -2.94. The summed E-state index contributed by atoms with van der Waals surface area (Å²) in [6.45, 7) is 0. The molecule has 0 radical (unpaired) electrons. The van der Waals surface area contributed by atoms with E-state index in [1.165, 1.54) is 28.9 Å². The van der Waals surface area contributed by atoms with E-state index in [4.69, 9.17) is 16.0 Å². The van der Waals surface area contributed by atoms with Crippen LogP contribution in [-0.4, -0.2) is 16.8 Å².